The SMILES string of the molecule is C[C@@H]1CNCCN1Cc1ccccc1[N+](=O)[O-].Cl. The highest BCUT2D eigenvalue weighted by molar-refractivity contribution is 5.85. The van der Waals surface area contributed by atoms with Gasteiger partial charge in [-0.05, 0) is 6.92 Å². The van der Waals surface area contributed by atoms with E-state index in [1.54, 1.807) is 12.1 Å². The van der Waals surface area contributed by atoms with E-state index in [0.29, 0.717) is 12.6 Å². The molecule has 5 nitrogen and oxygen atoms in total. The molecule has 0 aliphatic carbocycles. The molecule has 1 atom stereocenters. The number of nitrogens with zero attached hydrogens (tertiary/aromatic N) is 2. The van der Waals surface area contributed by atoms with Crippen molar-refractivity contribution in [2.45, 2.75) is 19.5 Å². The molecular formula is C12H18ClN3O2. The number of nitro groups is 1. The minimum Gasteiger partial charge on any atom is -0.314 e. The van der Waals surface area contributed by atoms with Crippen LogP contribution in [-0.4, -0.2) is 35.5 Å². The number of hydrogen-bond acceptors (Lipinski definition) is 4. The predicted octanol–water partition coefficient (Wildman–Crippen LogP) is 1.81. The number of hydrogen-bond donors (Lipinski definition) is 1. The number of rotatable bonds is 3. The van der Waals surface area contributed by atoms with Crippen LogP contribution in [-0.2, 0) is 6.54 Å². The van der Waals surface area contributed by atoms with E-state index in [-0.39, 0.29) is 23.0 Å². The van der Waals surface area contributed by atoms with Gasteiger partial charge in [0.25, 0.3) is 5.69 Å². The zero-order valence-electron chi connectivity index (χ0n) is 10.3. The van der Waals surface area contributed by atoms with Gasteiger partial charge in [0.1, 0.15) is 0 Å². The summed E-state index contributed by atoms with van der Waals surface area (Å²) in [5, 5.41) is 14.2. The molecule has 1 aromatic carbocycles. The van der Waals surface area contributed by atoms with Gasteiger partial charge in [0.15, 0.2) is 0 Å². The zero-order valence-corrected chi connectivity index (χ0v) is 11.2. The van der Waals surface area contributed by atoms with Gasteiger partial charge in [0, 0.05) is 43.9 Å². The van der Waals surface area contributed by atoms with E-state index >= 15 is 0 Å². The summed E-state index contributed by atoms with van der Waals surface area (Å²) in [6, 6.07) is 7.40. The summed E-state index contributed by atoms with van der Waals surface area (Å²) < 4.78 is 0. The summed E-state index contributed by atoms with van der Waals surface area (Å²) in [6.45, 7) is 5.62. The topological polar surface area (TPSA) is 58.4 Å². The molecule has 6 heteroatoms. The monoisotopic (exact) mass is 271 g/mol. The van der Waals surface area contributed by atoms with Crippen LogP contribution >= 0.6 is 12.4 Å². The molecule has 2 rings (SSSR count). The lowest BCUT2D eigenvalue weighted by Crippen LogP contribution is -2.49. The molecule has 0 radical (unpaired) electrons. The molecule has 1 fully saturated rings. The van der Waals surface area contributed by atoms with Crippen molar-refractivity contribution >= 4 is 18.1 Å². The normalized spacial score (nSPS) is 20.2. The first-order chi connectivity index (χ1) is 8.18. The Kier molecular flexibility index (Phi) is 5.53. The van der Waals surface area contributed by atoms with Crippen molar-refractivity contribution in [1.82, 2.24) is 10.2 Å². The van der Waals surface area contributed by atoms with Crippen molar-refractivity contribution in [3.63, 3.8) is 0 Å². The molecule has 0 aromatic heterocycles. The first-order valence-electron chi connectivity index (χ1n) is 5.85. The molecule has 1 heterocycles. The first kappa shape index (κ1) is 14.9. The molecule has 1 aliphatic heterocycles. The van der Waals surface area contributed by atoms with Crippen LogP contribution in [0, 0.1) is 10.1 Å². The summed E-state index contributed by atoms with van der Waals surface area (Å²) in [5.41, 5.74) is 1.02. The van der Waals surface area contributed by atoms with Crippen LogP contribution < -0.4 is 5.32 Å². The Hall–Kier alpha value is -1.17. The second kappa shape index (κ2) is 6.68. The van der Waals surface area contributed by atoms with Crippen molar-refractivity contribution < 1.29 is 4.92 Å². The van der Waals surface area contributed by atoms with E-state index < -0.39 is 0 Å². The maximum atomic E-state index is 10.9. The number of piperazine rings is 1. The predicted molar refractivity (Wildman–Crippen MR) is 73.1 cm³/mol. The fourth-order valence-corrected chi connectivity index (χ4v) is 2.16. The van der Waals surface area contributed by atoms with Gasteiger partial charge in [-0.25, -0.2) is 0 Å². The second-order valence-electron chi connectivity index (χ2n) is 4.41. The molecule has 100 valence electrons. The van der Waals surface area contributed by atoms with Gasteiger partial charge in [0.2, 0.25) is 0 Å². The average Bonchev–Trinajstić information content (AvgIpc) is 2.32. The van der Waals surface area contributed by atoms with Crippen molar-refractivity contribution in [3.8, 4) is 0 Å². The van der Waals surface area contributed by atoms with Crippen LogP contribution in [0.1, 0.15) is 12.5 Å². The lowest BCUT2D eigenvalue weighted by Gasteiger charge is -2.33. The molecule has 0 spiro atoms. The van der Waals surface area contributed by atoms with Gasteiger partial charge in [-0.2, -0.15) is 0 Å². The van der Waals surface area contributed by atoms with Gasteiger partial charge in [-0.1, -0.05) is 18.2 Å². The third kappa shape index (κ3) is 3.41. The van der Waals surface area contributed by atoms with Gasteiger partial charge in [-0.15, -0.1) is 12.4 Å². The first-order valence-corrected chi connectivity index (χ1v) is 5.85. The van der Waals surface area contributed by atoms with E-state index in [1.807, 2.05) is 12.1 Å². The Bertz CT molecular complexity index is 414. The van der Waals surface area contributed by atoms with E-state index in [2.05, 4.69) is 17.1 Å². The lowest BCUT2D eigenvalue weighted by atomic mass is 10.1. The molecule has 1 saturated heterocycles. The van der Waals surface area contributed by atoms with Gasteiger partial charge in [-0.3, -0.25) is 15.0 Å². The lowest BCUT2D eigenvalue weighted by molar-refractivity contribution is -0.385. The minimum absolute atomic E-state index is 0. The van der Waals surface area contributed by atoms with Crippen LogP contribution in [0.4, 0.5) is 5.69 Å². The van der Waals surface area contributed by atoms with E-state index in [0.717, 1.165) is 25.2 Å². The van der Waals surface area contributed by atoms with Crippen LogP contribution in [0.2, 0.25) is 0 Å². The Morgan fingerprint density at radius 1 is 1.50 bits per heavy atom. The highest BCUT2D eigenvalue weighted by Crippen LogP contribution is 2.20. The van der Waals surface area contributed by atoms with Crippen molar-refractivity contribution in [1.29, 1.82) is 0 Å². The highest BCUT2D eigenvalue weighted by atomic mass is 35.5. The molecule has 0 bridgehead atoms. The summed E-state index contributed by atoms with van der Waals surface area (Å²) in [4.78, 5) is 12.9. The quantitative estimate of drug-likeness (QED) is 0.673. The second-order valence-corrected chi connectivity index (χ2v) is 4.41. The Balaban J connectivity index is 0.00000162. The highest BCUT2D eigenvalue weighted by Gasteiger charge is 2.21. The zero-order chi connectivity index (χ0) is 12.3. The summed E-state index contributed by atoms with van der Waals surface area (Å²) in [7, 11) is 0. The largest absolute Gasteiger partial charge is 0.314 e. The van der Waals surface area contributed by atoms with E-state index in [9.17, 15) is 10.1 Å². The smallest absolute Gasteiger partial charge is 0.273 e. The molecule has 1 aromatic rings. The standard InChI is InChI=1S/C12H17N3O2.ClH/c1-10-8-13-6-7-14(10)9-11-4-2-3-5-12(11)15(16)17;/h2-5,10,13H,6-9H2,1H3;1H/t10-;/m1./s1. The number of benzene rings is 1. The Morgan fingerprint density at radius 2 is 2.22 bits per heavy atom. The van der Waals surface area contributed by atoms with E-state index in [1.165, 1.54) is 0 Å². The number of para-hydroxylation sites is 1. The fourth-order valence-electron chi connectivity index (χ4n) is 2.16. The Morgan fingerprint density at radius 3 is 2.89 bits per heavy atom. The molecule has 1 aliphatic rings. The number of nitrogens with one attached hydrogen (secondary N) is 1. The van der Waals surface area contributed by atoms with E-state index in [4.69, 9.17) is 0 Å². The van der Waals surface area contributed by atoms with Crippen molar-refractivity contribution in [2.75, 3.05) is 19.6 Å². The third-order valence-corrected chi connectivity index (χ3v) is 3.20. The summed E-state index contributed by atoms with van der Waals surface area (Å²) in [5.74, 6) is 0. The third-order valence-electron chi connectivity index (χ3n) is 3.20. The van der Waals surface area contributed by atoms with Gasteiger partial charge < -0.3 is 5.32 Å². The minimum atomic E-state index is -0.303. The molecule has 0 amide bonds. The summed E-state index contributed by atoms with van der Waals surface area (Å²) >= 11 is 0. The fraction of sp³-hybridized carbons (Fsp3) is 0.500. The molecule has 0 saturated carbocycles. The molecular weight excluding hydrogens is 254 g/mol. The maximum absolute atomic E-state index is 10.9. The van der Waals surface area contributed by atoms with Gasteiger partial charge in [0.05, 0.1) is 4.92 Å². The van der Waals surface area contributed by atoms with Gasteiger partial charge >= 0.3 is 0 Å². The number of halogens is 1. The molecule has 1 N–H and O–H groups in total. The van der Waals surface area contributed by atoms with Crippen LogP contribution in [0.5, 0.6) is 0 Å². The maximum Gasteiger partial charge on any atom is 0.273 e. The molecule has 18 heavy (non-hydrogen) atoms. The van der Waals surface area contributed by atoms with Crippen LogP contribution in [0.25, 0.3) is 0 Å². The van der Waals surface area contributed by atoms with Crippen LogP contribution in [0.3, 0.4) is 0 Å². The summed E-state index contributed by atoms with van der Waals surface area (Å²) in [6.07, 6.45) is 0. The number of nitro benzene ring substituents is 1. The Labute approximate surface area is 113 Å². The average molecular weight is 272 g/mol. The van der Waals surface area contributed by atoms with Crippen molar-refractivity contribution in [3.05, 3.63) is 39.9 Å². The van der Waals surface area contributed by atoms with Crippen molar-refractivity contribution in [2.24, 2.45) is 0 Å². The molecule has 0 unspecified atom stereocenters. The van der Waals surface area contributed by atoms with Crippen LogP contribution in [0.15, 0.2) is 24.3 Å².